The molecule has 0 aliphatic rings. The van der Waals surface area contributed by atoms with Gasteiger partial charge in [-0.2, -0.15) is 5.26 Å². The highest BCUT2D eigenvalue weighted by Crippen LogP contribution is 2.26. The van der Waals surface area contributed by atoms with E-state index >= 15 is 0 Å². The van der Waals surface area contributed by atoms with Crippen molar-refractivity contribution in [2.75, 3.05) is 0 Å². The maximum Gasteiger partial charge on any atom is 0.101 e. The summed E-state index contributed by atoms with van der Waals surface area (Å²) in [5.74, 6) is 0. The molecule has 0 aliphatic heterocycles. The molecule has 1 heterocycles. The van der Waals surface area contributed by atoms with Crippen LogP contribution in [0.3, 0.4) is 0 Å². The van der Waals surface area contributed by atoms with E-state index in [9.17, 15) is 5.26 Å². The summed E-state index contributed by atoms with van der Waals surface area (Å²) in [5.41, 5.74) is 4.33. The standard InChI is InChI=1S/C18H15ClN2/c1-2-14-4-3-5-17-15(10-20)12-21(18(14)17)11-13-6-8-16(19)9-7-13/h3-9,12H,2,11H2,1H3. The predicted octanol–water partition coefficient (Wildman–Crippen LogP) is 4.78. The third-order valence-corrected chi connectivity index (χ3v) is 4.00. The van der Waals surface area contributed by atoms with Crippen molar-refractivity contribution in [3.63, 3.8) is 0 Å². The molecule has 1 aromatic heterocycles. The summed E-state index contributed by atoms with van der Waals surface area (Å²) in [6.45, 7) is 2.88. The molecule has 3 heteroatoms. The van der Waals surface area contributed by atoms with Crippen molar-refractivity contribution in [2.45, 2.75) is 19.9 Å². The van der Waals surface area contributed by atoms with Crippen LogP contribution in [0.2, 0.25) is 5.02 Å². The molecule has 21 heavy (non-hydrogen) atoms. The first kappa shape index (κ1) is 13.7. The quantitative estimate of drug-likeness (QED) is 0.683. The van der Waals surface area contributed by atoms with Crippen LogP contribution in [0, 0.1) is 11.3 Å². The topological polar surface area (TPSA) is 28.7 Å². The van der Waals surface area contributed by atoms with Gasteiger partial charge in [0.1, 0.15) is 6.07 Å². The minimum Gasteiger partial charge on any atom is -0.341 e. The Morgan fingerprint density at radius 1 is 1.14 bits per heavy atom. The van der Waals surface area contributed by atoms with E-state index in [1.54, 1.807) is 0 Å². The van der Waals surface area contributed by atoms with Crippen LogP contribution in [-0.4, -0.2) is 4.57 Å². The first-order chi connectivity index (χ1) is 10.2. The highest BCUT2D eigenvalue weighted by Gasteiger charge is 2.11. The van der Waals surface area contributed by atoms with Crippen LogP contribution in [0.1, 0.15) is 23.6 Å². The molecule has 3 aromatic rings. The Kier molecular flexibility index (Phi) is 3.68. The summed E-state index contributed by atoms with van der Waals surface area (Å²) in [4.78, 5) is 0. The van der Waals surface area contributed by atoms with Crippen LogP contribution >= 0.6 is 11.6 Å². The smallest absolute Gasteiger partial charge is 0.101 e. The zero-order valence-electron chi connectivity index (χ0n) is 11.8. The lowest BCUT2D eigenvalue weighted by Gasteiger charge is -2.09. The van der Waals surface area contributed by atoms with Gasteiger partial charge in [-0.05, 0) is 29.7 Å². The van der Waals surface area contributed by atoms with Gasteiger partial charge in [0.25, 0.3) is 0 Å². The summed E-state index contributed by atoms with van der Waals surface area (Å²) in [5, 5.41) is 11.1. The zero-order chi connectivity index (χ0) is 14.8. The van der Waals surface area contributed by atoms with Crippen molar-refractivity contribution >= 4 is 22.5 Å². The van der Waals surface area contributed by atoms with Crippen LogP contribution in [0.5, 0.6) is 0 Å². The van der Waals surface area contributed by atoms with E-state index in [2.05, 4.69) is 23.6 Å². The average Bonchev–Trinajstić information content (AvgIpc) is 2.87. The second-order valence-electron chi connectivity index (χ2n) is 5.08. The molecular weight excluding hydrogens is 280 g/mol. The molecule has 0 spiro atoms. The van der Waals surface area contributed by atoms with E-state index in [0.29, 0.717) is 0 Å². The summed E-state index contributed by atoms with van der Waals surface area (Å²) in [6.07, 6.45) is 2.89. The number of benzene rings is 2. The van der Waals surface area contributed by atoms with Crippen LogP contribution in [0.25, 0.3) is 10.9 Å². The monoisotopic (exact) mass is 294 g/mol. The van der Waals surface area contributed by atoms with Gasteiger partial charge in [-0.25, -0.2) is 0 Å². The number of para-hydroxylation sites is 1. The van der Waals surface area contributed by atoms with Crippen molar-refractivity contribution in [1.29, 1.82) is 5.26 Å². The van der Waals surface area contributed by atoms with Crippen molar-refractivity contribution < 1.29 is 0 Å². The lowest BCUT2D eigenvalue weighted by molar-refractivity contribution is 0.830. The average molecular weight is 295 g/mol. The number of aromatic nitrogens is 1. The fraction of sp³-hybridized carbons (Fsp3) is 0.167. The second kappa shape index (κ2) is 5.63. The molecule has 104 valence electrons. The van der Waals surface area contributed by atoms with Gasteiger partial charge in [0, 0.05) is 23.2 Å². The third kappa shape index (κ3) is 2.53. The normalized spacial score (nSPS) is 10.7. The number of nitrogens with zero attached hydrogens (tertiary/aromatic N) is 2. The molecule has 3 rings (SSSR count). The van der Waals surface area contributed by atoms with E-state index in [-0.39, 0.29) is 0 Å². The minimum absolute atomic E-state index is 0.731. The first-order valence-corrected chi connectivity index (χ1v) is 7.36. The number of halogens is 1. The summed E-state index contributed by atoms with van der Waals surface area (Å²) in [7, 11) is 0. The lowest BCUT2D eigenvalue weighted by Crippen LogP contribution is -1.99. The van der Waals surface area contributed by atoms with Crippen LogP contribution in [-0.2, 0) is 13.0 Å². The first-order valence-electron chi connectivity index (χ1n) is 6.98. The number of hydrogen-bond acceptors (Lipinski definition) is 1. The summed E-state index contributed by atoms with van der Waals surface area (Å²) >= 11 is 5.93. The number of rotatable bonds is 3. The molecule has 2 nitrogen and oxygen atoms in total. The number of nitriles is 1. The molecule has 0 fully saturated rings. The van der Waals surface area contributed by atoms with Crippen molar-refractivity contribution in [3.8, 4) is 6.07 Å². The van der Waals surface area contributed by atoms with Crippen molar-refractivity contribution in [1.82, 2.24) is 4.57 Å². The fourth-order valence-corrected chi connectivity index (χ4v) is 2.85. The molecule has 0 bridgehead atoms. The predicted molar refractivity (Wildman–Crippen MR) is 86.6 cm³/mol. The van der Waals surface area contributed by atoms with Crippen molar-refractivity contribution in [2.24, 2.45) is 0 Å². The number of fused-ring (bicyclic) bond motifs is 1. The molecule has 0 saturated carbocycles. The van der Waals surface area contributed by atoms with E-state index in [4.69, 9.17) is 11.6 Å². The van der Waals surface area contributed by atoms with E-state index in [1.165, 1.54) is 11.1 Å². The fourth-order valence-electron chi connectivity index (χ4n) is 2.72. The maximum absolute atomic E-state index is 9.33. The SMILES string of the molecule is CCc1cccc2c(C#N)cn(Cc3ccc(Cl)cc3)c12. The summed E-state index contributed by atoms with van der Waals surface area (Å²) < 4.78 is 2.16. The highest BCUT2D eigenvalue weighted by atomic mass is 35.5. The summed E-state index contributed by atoms with van der Waals surface area (Å²) in [6, 6.07) is 16.3. The Balaban J connectivity index is 2.13. The lowest BCUT2D eigenvalue weighted by atomic mass is 10.1. The minimum atomic E-state index is 0.731. The van der Waals surface area contributed by atoms with Crippen LogP contribution in [0.4, 0.5) is 0 Å². The van der Waals surface area contributed by atoms with Gasteiger partial charge >= 0.3 is 0 Å². The van der Waals surface area contributed by atoms with Crippen LogP contribution < -0.4 is 0 Å². The molecule has 0 aliphatic carbocycles. The van der Waals surface area contributed by atoms with Crippen LogP contribution in [0.15, 0.2) is 48.7 Å². The van der Waals surface area contributed by atoms with Gasteiger partial charge in [0.05, 0.1) is 11.1 Å². The highest BCUT2D eigenvalue weighted by molar-refractivity contribution is 6.30. The van der Waals surface area contributed by atoms with E-state index in [1.807, 2.05) is 42.6 Å². The van der Waals surface area contributed by atoms with Crippen molar-refractivity contribution in [3.05, 3.63) is 70.4 Å². The molecule has 0 saturated heterocycles. The number of hydrogen-bond donors (Lipinski definition) is 0. The number of aryl methyl sites for hydroxylation is 1. The molecule has 0 radical (unpaired) electrons. The molecular formula is C18H15ClN2. The van der Waals surface area contributed by atoms with Gasteiger partial charge in [-0.1, -0.05) is 48.9 Å². The van der Waals surface area contributed by atoms with E-state index in [0.717, 1.165) is 34.5 Å². The Hall–Kier alpha value is -2.24. The molecule has 0 atom stereocenters. The Morgan fingerprint density at radius 3 is 2.57 bits per heavy atom. The molecule has 0 amide bonds. The maximum atomic E-state index is 9.33. The Morgan fingerprint density at radius 2 is 1.90 bits per heavy atom. The van der Waals surface area contributed by atoms with E-state index < -0.39 is 0 Å². The second-order valence-corrected chi connectivity index (χ2v) is 5.51. The Bertz CT molecular complexity index is 823. The van der Waals surface area contributed by atoms with Gasteiger partial charge in [0.2, 0.25) is 0 Å². The molecule has 0 unspecified atom stereocenters. The van der Waals surface area contributed by atoms with Gasteiger partial charge in [0.15, 0.2) is 0 Å². The molecule has 2 aromatic carbocycles. The third-order valence-electron chi connectivity index (χ3n) is 3.75. The Labute approximate surface area is 129 Å². The zero-order valence-corrected chi connectivity index (χ0v) is 12.6. The van der Waals surface area contributed by atoms with Gasteiger partial charge in [-0.3, -0.25) is 0 Å². The molecule has 0 N–H and O–H groups in total. The van der Waals surface area contributed by atoms with Gasteiger partial charge in [-0.15, -0.1) is 0 Å². The van der Waals surface area contributed by atoms with Gasteiger partial charge < -0.3 is 4.57 Å². The largest absolute Gasteiger partial charge is 0.341 e.